The van der Waals surface area contributed by atoms with Gasteiger partial charge in [0.05, 0.1) is 17.6 Å². The molecule has 1 aromatic heterocycles. The van der Waals surface area contributed by atoms with Crippen LogP contribution in [0.5, 0.6) is 0 Å². The van der Waals surface area contributed by atoms with E-state index in [0.717, 1.165) is 17.7 Å². The fraction of sp³-hybridized carbons (Fsp3) is 0.562. The Morgan fingerprint density at radius 1 is 1.19 bits per heavy atom. The molecule has 2 heterocycles. The van der Waals surface area contributed by atoms with E-state index in [2.05, 4.69) is 23.7 Å². The molecule has 1 saturated heterocycles. The summed E-state index contributed by atoms with van der Waals surface area (Å²) in [7, 11) is 0. The standard InChI is InChI=1S/C16H21F2N3/c1-11-7-12(2)9-20(8-11)10-15-19-13-5-3-4-6-14(13)21(15)16(17)18/h3-6,11-12,16H,7-10H2,1-2H3. The van der Waals surface area contributed by atoms with Crippen LogP contribution in [0.25, 0.3) is 11.0 Å². The first-order valence-corrected chi connectivity index (χ1v) is 7.51. The zero-order valence-electron chi connectivity index (χ0n) is 12.5. The Kier molecular flexibility index (Phi) is 3.93. The van der Waals surface area contributed by atoms with E-state index in [-0.39, 0.29) is 0 Å². The van der Waals surface area contributed by atoms with Crippen molar-refractivity contribution >= 4 is 11.0 Å². The summed E-state index contributed by atoms with van der Waals surface area (Å²) in [4.78, 5) is 6.67. The quantitative estimate of drug-likeness (QED) is 0.855. The molecular weight excluding hydrogens is 272 g/mol. The van der Waals surface area contributed by atoms with Crippen LogP contribution in [-0.4, -0.2) is 27.5 Å². The van der Waals surface area contributed by atoms with Crippen LogP contribution in [0.3, 0.4) is 0 Å². The van der Waals surface area contributed by atoms with Gasteiger partial charge >= 0.3 is 6.55 Å². The third-order valence-electron chi connectivity index (χ3n) is 4.17. The monoisotopic (exact) mass is 293 g/mol. The predicted octanol–water partition coefficient (Wildman–Crippen LogP) is 3.91. The molecule has 1 aromatic carbocycles. The second-order valence-electron chi connectivity index (χ2n) is 6.30. The van der Waals surface area contributed by atoms with Crippen molar-refractivity contribution in [2.75, 3.05) is 13.1 Å². The molecule has 1 aliphatic heterocycles. The summed E-state index contributed by atoms with van der Waals surface area (Å²) >= 11 is 0. The van der Waals surface area contributed by atoms with Crippen LogP contribution in [0, 0.1) is 11.8 Å². The van der Waals surface area contributed by atoms with Gasteiger partial charge in [-0.05, 0) is 30.4 Å². The van der Waals surface area contributed by atoms with Crippen molar-refractivity contribution in [2.45, 2.75) is 33.4 Å². The van der Waals surface area contributed by atoms with Crippen LogP contribution in [0.4, 0.5) is 8.78 Å². The summed E-state index contributed by atoms with van der Waals surface area (Å²) in [6.45, 7) is 4.30. The second kappa shape index (κ2) is 5.72. The fourth-order valence-corrected chi connectivity index (χ4v) is 3.54. The van der Waals surface area contributed by atoms with Gasteiger partial charge in [-0.15, -0.1) is 0 Å². The average Bonchev–Trinajstić information content (AvgIpc) is 2.75. The maximum absolute atomic E-state index is 13.4. The molecule has 21 heavy (non-hydrogen) atoms. The molecule has 0 N–H and O–H groups in total. The molecular formula is C16H21F2N3. The smallest absolute Gasteiger partial charge is 0.295 e. The molecule has 3 rings (SSSR count). The number of fused-ring (bicyclic) bond motifs is 1. The van der Waals surface area contributed by atoms with Gasteiger partial charge in [0.1, 0.15) is 5.82 Å². The Bertz CT molecular complexity index is 613. The molecule has 5 heteroatoms. The number of benzene rings is 1. The molecule has 2 unspecified atom stereocenters. The van der Waals surface area contributed by atoms with Crippen molar-refractivity contribution in [3.8, 4) is 0 Å². The van der Waals surface area contributed by atoms with E-state index in [9.17, 15) is 8.78 Å². The molecule has 2 atom stereocenters. The average molecular weight is 293 g/mol. The maximum Gasteiger partial charge on any atom is 0.320 e. The minimum absolute atomic E-state index is 0.465. The van der Waals surface area contributed by atoms with Crippen LogP contribution in [0.2, 0.25) is 0 Å². The first-order valence-electron chi connectivity index (χ1n) is 7.51. The van der Waals surface area contributed by atoms with E-state index >= 15 is 0 Å². The SMILES string of the molecule is CC1CC(C)CN(Cc2nc3ccccc3n2C(F)F)C1. The summed E-state index contributed by atoms with van der Waals surface area (Å²) in [5.74, 6) is 1.68. The first-order chi connectivity index (χ1) is 10.0. The molecule has 1 aliphatic rings. The molecule has 0 saturated carbocycles. The minimum Gasteiger partial charge on any atom is -0.295 e. The number of hydrogen-bond donors (Lipinski definition) is 0. The number of hydrogen-bond acceptors (Lipinski definition) is 2. The van der Waals surface area contributed by atoms with Crippen LogP contribution in [-0.2, 0) is 6.54 Å². The summed E-state index contributed by atoms with van der Waals surface area (Å²) < 4.78 is 27.9. The normalized spacial score (nSPS) is 24.0. The number of alkyl halides is 2. The van der Waals surface area contributed by atoms with Crippen molar-refractivity contribution in [2.24, 2.45) is 11.8 Å². The van der Waals surface area contributed by atoms with Gasteiger partial charge in [-0.1, -0.05) is 26.0 Å². The van der Waals surface area contributed by atoms with E-state index < -0.39 is 6.55 Å². The lowest BCUT2D eigenvalue weighted by atomic mass is 9.92. The maximum atomic E-state index is 13.4. The van der Waals surface area contributed by atoms with Gasteiger partial charge in [0.2, 0.25) is 0 Å². The number of aromatic nitrogens is 2. The summed E-state index contributed by atoms with van der Waals surface area (Å²) in [6, 6.07) is 7.11. The lowest BCUT2D eigenvalue weighted by molar-refractivity contribution is 0.0644. The van der Waals surface area contributed by atoms with Gasteiger partial charge in [0.15, 0.2) is 0 Å². The largest absolute Gasteiger partial charge is 0.320 e. The van der Waals surface area contributed by atoms with E-state index in [1.54, 1.807) is 18.2 Å². The Morgan fingerprint density at radius 2 is 1.86 bits per heavy atom. The van der Waals surface area contributed by atoms with Crippen LogP contribution in [0.1, 0.15) is 32.6 Å². The number of halogens is 2. The molecule has 0 amide bonds. The van der Waals surface area contributed by atoms with E-state index in [4.69, 9.17) is 0 Å². The van der Waals surface area contributed by atoms with Crippen molar-refractivity contribution < 1.29 is 8.78 Å². The lowest BCUT2D eigenvalue weighted by Gasteiger charge is -2.34. The van der Waals surface area contributed by atoms with Crippen molar-refractivity contribution in [3.05, 3.63) is 30.1 Å². The first kappa shape index (κ1) is 14.4. The zero-order valence-corrected chi connectivity index (χ0v) is 12.5. The van der Waals surface area contributed by atoms with Crippen LogP contribution < -0.4 is 0 Å². The summed E-state index contributed by atoms with van der Waals surface area (Å²) in [5, 5.41) is 0. The molecule has 0 radical (unpaired) electrons. The Morgan fingerprint density at radius 3 is 2.52 bits per heavy atom. The topological polar surface area (TPSA) is 21.1 Å². The van der Waals surface area contributed by atoms with E-state index in [1.807, 2.05) is 6.07 Å². The molecule has 0 aliphatic carbocycles. The molecule has 1 fully saturated rings. The molecule has 114 valence electrons. The van der Waals surface area contributed by atoms with Gasteiger partial charge in [-0.3, -0.25) is 9.47 Å². The van der Waals surface area contributed by atoms with Crippen molar-refractivity contribution in [1.82, 2.24) is 14.5 Å². The zero-order chi connectivity index (χ0) is 15.0. The Balaban J connectivity index is 1.91. The molecule has 0 bridgehead atoms. The second-order valence-corrected chi connectivity index (χ2v) is 6.30. The van der Waals surface area contributed by atoms with Gasteiger partial charge in [0, 0.05) is 13.1 Å². The molecule has 2 aromatic rings. The third kappa shape index (κ3) is 2.93. The number of nitrogens with zero attached hydrogens (tertiary/aromatic N) is 3. The number of imidazole rings is 1. The highest BCUT2D eigenvalue weighted by Crippen LogP contribution is 2.26. The number of piperidine rings is 1. The highest BCUT2D eigenvalue weighted by molar-refractivity contribution is 5.75. The van der Waals surface area contributed by atoms with Gasteiger partial charge < -0.3 is 0 Å². The van der Waals surface area contributed by atoms with Gasteiger partial charge in [-0.2, -0.15) is 8.78 Å². The lowest BCUT2D eigenvalue weighted by Crippen LogP contribution is -2.38. The number of rotatable bonds is 3. The Labute approximate surface area is 123 Å². The molecule has 0 spiro atoms. The predicted molar refractivity (Wildman–Crippen MR) is 79.2 cm³/mol. The highest BCUT2D eigenvalue weighted by atomic mass is 19.3. The number of para-hydroxylation sites is 2. The van der Waals surface area contributed by atoms with E-state index in [0.29, 0.717) is 35.2 Å². The minimum atomic E-state index is -2.55. The Hall–Kier alpha value is -1.49. The van der Waals surface area contributed by atoms with E-state index in [1.165, 1.54) is 6.42 Å². The summed E-state index contributed by atoms with van der Waals surface area (Å²) in [6.07, 6.45) is 1.21. The molecule has 3 nitrogen and oxygen atoms in total. The van der Waals surface area contributed by atoms with Crippen LogP contribution >= 0.6 is 0 Å². The van der Waals surface area contributed by atoms with Crippen molar-refractivity contribution in [3.63, 3.8) is 0 Å². The van der Waals surface area contributed by atoms with Crippen LogP contribution in [0.15, 0.2) is 24.3 Å². The summed E-state index contributed by atoms with van der Waals surface area (Å²) in [5.41, 5.74) is 1.16. The highest BCUT2D eigenvalue weighted by Gasteiger charge is 2.25. The number of likely N-dealkylation sites (tertiary alicyclic amines) is 1. The van der Waals surface area contributed by atoms with Gasteiger partial charge in [0.25, 0.3) is 0 Å². The third-order valence-corrected chi connectivity index (χ3v) is 4.17. The van der Waals surface area contributed by atoms with Crippen molar-refractivity contribution in [1.29, 1.82) is 0 Å². The van der Waals surface area contributed by atoms with Gasteiger partial charge in [-0.25, -0.2) is 4.98 Å². The fourth-order valence-electron chi connectivity index (χ4n) is 3.54.